The number of nitrogens with one attached hydrogen (secondary N) is 1. The van der Waals surface area contributed by atoms with Crippen LogP contribution in [0.5, 0.6) is 0 Å². The molecular formula is C16H14Cl2FNO. The Balaban J connectivity index is 1.83. The lowest BCUT2D eigenvalue weighted by Crippen LogP contribution is -2.25. The van der Waals surface area contributed by atoms with Gasteiger partial charge >= 0.3 is 0 Å². The summed E-state index contributed by atoms with van der Waals surface area (Å²) >= 11 is 11.7. The molecule has 0 fully saturated rings. The Kier molecular flexibility index (Phi) is 5.59. The molecule has 0 bridgehead atoms. The average Bonchev–Trinajstić information content (AvgIpc) is 2.45. The third-order valence-corrected chi connectivity index (χ3v) is 3.65. The zero-order chi connectivity index (χ0) is 15.2. The van der Waals surface area contributed by atoms with Gasteiger partial charge in [0.2, 0.25) is 0 Å². The topological polar surface area (TPSA) is 29.1 Å². The second kappa shape index (κ2) is 7.43. The lowest BCUT2D eigenvalue weighted by atomic mass is 10.1. The summed E-state index contributed by atoms with van der Waals surface area (Å²) in [5, 5.41) is 3.67. The van der Waals surface area contributed by atoms with E-state index in [1.807, 2.05) is 24.3 Å². The molecule has 0 aliphatic heterocycles. The normalized spacial score (nSPS) is 10.4. The van der Waals surface area contributed by atoms with Crippen LogP contribution in [0.2, 0.25) is 10.0 Å². The second-order valence-electron chi connectivity index (χ2n) is 4.58. The number of carbonyl (C=O) groups excluding carboxylic acids is 1. The fourth-order valence-corrected chi connectivity index (χ4v) is 2.34. The molecule has 1 amide bonds. The number of carbonyl (C=O) groups is 1. The summed E-state index contributed by atoms with van der Waals surface area (Å²) in [6.07, 6.45) is 1.48. The first-order chi connectivity index (χ1) is 10.1. The van der Waals surface area contributed by atoms with Gasteiger partial charge in [0.05, 0.1) is 5.56 Å². The Labute approximate surface area is 132 Å². The summed E-state index contributed by atoms with van der Waals surface area (Å²) in [5.41, 5.74) is 1.03. The van der Waals surface area contributed by atoms with Gasteiger partial charge in [-0.15, -0.1) is 0 Å². The van der Waals surface area contributed by atoms with Crippen LogP contribution in [0.3, 0.4) is 0 Å². The molecule has 0 atom stereocenters. The van der Waals surface area contributed by atoms with Crippen molar-refractivity contribution in [3.63, 3.8) is 0 Å². The van der Waals surface area contributed by atoms with Gasteiger partial charge in [0.1, 0.15) is 5.82 Å². The highest BCUT2D eigenvalue weighted by Gasteiger charge is 2.11. The van der Waals surface area contributed by atoms with Crippen LogP contribution in [0.25, 0.3) is 0 Å². The lowest BCUT2D eigenvalue weighted by molar-refractivity contribution is 0.0949. The monoisotopic (exact) mass is 325 g/mol. The van der Waals surface area contributed by atoms with Crippen molar-refractivity contribution in [1.29, 1.82) is 0 Å². The number of amides is 1. The molecule has 0 aliphatic rings. The first kappa shape index (κ1) is 15.8. The molecule has 0 saturated heterocycles. The molecule has 5 heteroatoms. The Hall–Kier alpha value is -1.58. The van der Waals surface area contributed by atoms with Crippen molar-refractivity contribution in [3.05, 3.63) is 69.5 Å². The van der Waals surface area contributed by atoms with E-state index in [0.29, 0.717) is 11.6 Å². The fourth-order valence-electron chi connectivity index (χ4n) is 1.95. The van der Waals surface area contributed by atoms with E-state index in [1.165, 1.54) is 12.1 Å². The highest BCUT2D eigenvalue weighted by molar-refractivity contribution is 6.31. The third kappa shape index (κ3) is 4.45. The molecule has 0 unspecified atom stereocenters. The van der Waals surface area contributed by atoms with Crippen LogP contribution in [0.4, 0.5) is 4.39 Å². The highest BCUT2D eigenvalue weighted by atomic mass is 35.5. The molecule has 0 heterocycles. The molecule has 0 aliphatic carbocycles. The number of aryl methyl sites for hydroxylation is 1. The maximum absolute atomic E-state index is 13.6. The number of hydrogen-bond acceptors (Lipinski definition) is 1. The van der Waals surface area contributed by atoms with Gasteiger partial charge in [-0.2, -0.15) is 0 Å². The highest BCUT2D eigenvalue weighted by Crippen LogP contribution is 2.16. The van der Waals surface area contributed by atoms with Crippen LogP contribution in [-0.2, 0) is 6.42 Å². The van der Waals surface area contributed by atoms with Crippen LogP contribution in [0, 0.1) is 5.82 Å². The predicted molar refractivity (Wildman–Crippen MR) is 83.5 cm³/mol. The standard InChI is InChI=1S/C16H14Cl2FNO/c17-12-7-8-13(15(19)10-12)16(21)20-9-3-5-11-4-1-2-6-14(11)18/h1-2,4,6-8,10H,3,5,9H2,(H,20,21). The first-order valence-electron chi connectivity index (χ1n) is 6.54. The molecule has 0 radical (unpaired) electrons. The maximum Gasteiger partial charge on any atom is 0.254 e. The smallest absolute Gasteiger partial charge is 0.254 e. The fraction of sp³-hybridized carbons (Fsp3) is 0.188. The molecule has 110 valence electrons. The summed E-state index contributed by atoms with van der Waals surface area (Å²) < 4.78 is 13.6. The summed E-state index contributed by atoms with van der Waals surface area (Å²) in [5.74, 6) is -1.06. The van der Waals surface area contributed by atoms with Gasteiger partial charge in [-0.1, -0.05) is 41.4 Å². The molecule has 2 aromatic rings. The van der Waals surface area contributed by atoms with Crippen molar-refractivity contribution in [2.45, 2.75) is 12.8 Å². The third-order valence-electron chi connectivity index (χ3n) is 3.04. The quantitative estimate of drug-likeness (QED) is 0.806. The van der Waals surface area contributed by atoms with Crippen LogP contribution in [-0.4, -0.2) is 12.5 Å². The molecule has 2 rings (SSSR count). The number of rotatable bonds is 5. The van der Waals surface area contributed by atoms with Gasteiger partial charge in [0.15, 0.2) is 0 Å². The molecule has 2 nitrogen and oxygen atoms in total. The van der Waals surface area contributed by atoms with Crippen molar-refractivity contribution < 1.29 is 9.18 Å². The van der Waals surface area contributed by atoms with E-state index in [0.717, 1.165) is 24.5 Å². The van der Waals surface area contributed by atoms with Crippen molar-refractivity contribution in [2.24, 2.45) is 0 Å². The summed E-state index contributed by atoms with van der Waals surface area (Å²) in [6, 6.07) is 11.6. The summed E-state index contributed by atoms with van der Waals surface area (Å²) in [6.45, 7) is 0.451. The Bertz CT molecular complexity index is 646. The Morgan fingerprint density at radius 1 is 1.14 bits per heavy atom. The van der Waals surface area contributed by atoms with Crippen molar-refractivity contribution in [2.75, 3.05) is 6.54 Å². The maximum atomic E-state index is 13.6. The van der Waals surface area contributed by atoms with Gasteiger partial charge in [-0.25, -0.2) is 4.39 Å². The predicted octanol–water partition coefficient (Wildman–Crippen LogP) is 4.50. The van der Waals surface area contributed by atoms with E-state index >= 15 is 0 Å². The van der Waals surface area contributed by atoms with Crippen molar-refractivity contribution >= 4 is 29.1 Å². The van der Waals surface area contributed by atoms with Crippen LogP contribution in [0.15, 0.2) is 42.5 Å². The second-order valence-corrected chi connectivity index (χ2v) is 5.42. The average molecular weight is 326 g/mol. The van der Waals surface area contributed by atoms with E-state index in [9.17, 15) is 9.18 Å². The van der Waals surface area contributed by atoms with Gasteiger partial charge in [-0.05, 0) is 42.7 Å². The minimum atomic E-state index is -0.619. The molecular weight excluding hydrogens is 312 g/mol. The molecule has 0 saturated carbocycles. The molecule has 2 aromatic carbocycles. The van der Waals surface area contributed by atoms with E-state index in [4.69, 9.17) is 23.2 Å². The van der Waals surface area contributed by atoms with Crippen LogP contribution in [0.1, 0.15) is 22.3 Å². The summed E-state index contributed by atoms with van der Waals surface area (Å²) in [7, 11) is 0. The largest absolute Gasteiger partial charge is 0.352 e. The molecule has 1 N–H and O–H groups in total. The van der Waals surface area contributed by atoms with Crippen LogP contribution < -0.4 is 5.32 Å². The minimum Gasteiger partial charge on any atom is -0.352 e. The van der Waals surface area contributed by atoms with Crippen LogP contribution >= 0.6 is 23.2 Å². The van der Waals surface area contributed by atoms with Crippen molar-refractivity contribution in [3.8, 4) is 0 Å². The van der Waals surface area contributed by atoms with E-state index in [2.05, 4.69) is 5.32 Å². The van der Waals surface area contributed by atoms with Crippen molar-refractivity contribution in [1.82, 2.24) is 5.32 Å². The van der Waals surface area contributed by atoms with Gasteiger partial charge in [-0.3, -0.25) is 4.79 Å². The minimum absolute atomic E-state index is 0.00264. The van der Waals surface area contributed by atoms with Gasteiger partial charge in [0.25, 0.3) is 5.91 Å². The molecule has 0 aromatic heterocycles. The van der Waals surface area contributed by atoms with E-state index in [-0.39, 0.29) is 10.6 Å². The Morgan fingerprint density at radius 2 is 1.90 bits per heavy atom. The Morgan fingerprint density at radius 3 is 2.62 bits per heavy atom. The summed E-state index contributed by atoms with van der Waals surface area (Å²) in [4.78, 5) is 11.8. The lowest BCUT2D eigenvalue weighted by Gasteiger charge is -2.07. The zero-order valence-corrected chi connectivity index (χ0v) is 12.7. The number of hydrogen-bond donors (Lipinski definition) is 1. The molecule has 0 spiro atoms. The van der Waals surface area contributed by atoms with E-state index in [1.54, 1.807) is 0 Å². The SMILES string of the molecule is O=C(NCCCc1ccccc1Cl)c1ccc(Cl)cc1F. The molecule has 21 heavy (non-hydrogen) atoms. The number of benzene rings is 2. The first-order valence-corrected chi connectivity index (χ1v) is 7.30. The van der Waals surface area contributed by atoms with E-state index < -0.39 is 11.7 Å². The number of halogens is 3. The van der Waals surface area contributed by atoms with Gasteiger partial charge in [0, 0.05) is 16.6 Å². The zero-order valence-electron chi connectivity index (χ0n) is 11.2. The van der Waals surface area contributed by atoms with Gasteiger partial charge < -0.3 is 5.32 Å².